The van der Waals surface area contributed by atoms with Gasteiger partial charge >= 0.3 is 0 Å². The lowest BCUT2D eigenvalue weighted by molar-refractivity contribution is 0.0266. The number of benzene rings is 1. The fraction of sp³-hybridized carbons (Fsp3) is 0.412. The Balaban J connectivity index is 1.90. The number of ether oxygens (including phenoxy) is 1. The van der Waals surface area contributed by atoms with Crippen molar-refractivity contribution in [2.75, 3.05) is 31.1 Å². The topological polar surface area (TPSA) is 70.5 Å². The van der Waals surface area contributed by atoms with Gasteiger partial charge in [-0.3, -0.25) is 0 Å². The molecule has 1 aromatic heterocycles. The van der Waals surface area contributed by atoms with Crippen LogP contribution in [0.3, 0.4) is 0 Å². The van der Waals surface area contributed by atoms with E-state index < -0.39 is 0 Å². The molecule has 0 spiro atoms. The minimum Gasteiger partial charge on any atom is -0.507 e. The van der Waals surface area contributed by atoms with Crippen LogP contribution in [0.1, 0.15) is 12.5 Å². The number of nitrogens with zero attached hydrogens (tertiary/aromatic N) is 3. The highest BCUT2D eigenvalue weighted by molar-refractivity contribution is 5.68. The fourth-order valence-corrected chi connectivity index (χ4v) is 2.83. The number of likely N-dealkylation sites (N-methyl/N-ethyl adjacent to an activating group) is 1. The summed E-state index contributed by atoms with van der Waals surface area (Å²) in [5.41, 5.74) is 2.37. The first kappa shape index (κ1) is 15.7. The van der Waals surface area contributed by atoms with E-state index >= 15 is 0 Å². The number of para-hydroxylation sites is 1. The Hall–Kier alpha value is -2.18. The molecule has 2 N–H and O–H groups in total. The van der Waals surface area contributed by atoms with Crippen LogP contribution in [0.25, 0.3) is 11.3 Å². The molecule has 1 atom stereocenters. The van der Waals surface area contributed by atoms with Crippen LogP contribution >= 0.6 is 0 Å². The predicted molar refractivity (Wildman–Crippen MR) is 89.5 cm³/mol. The van der Waals surface area contributed by atoms with Crippen LogP contribution in [0, 0.1) is 6.92 Å². The van der Waals surface area contributed by atoms with Gasteiger partial charge in [-0.05, 0) is 37.6 Å². The number of aromatic nitrogens is 2. The summed E-state index contributed by atoms with van der Waals surface area (Å²) in [5.74, 6) is 1.03. The first-order valence-corrected chi connectivity index (χ1v) is 7.92. The summed E-state index contributed by atoms with van der Waals surface area (Å²) < 4.78 is 5.83. The number of anilines is 1. The number of rotatable bonds is 4. The van der Waals surface area contributed by atoms with Gasteiger partial charge in [0.15, 0.2) is 5.82 Å². The Morgan fingerprint density at radius 3 is 2.83 bits per heavy atom. The maximum atomic E-state index is 9.98. The highest BCUT2D eigenvalue weighted by Crippen LogP contribution is 2.29. The fourth-order valence-electron chi connectivity index (χ4n) is 2.83. The first-order valence-electron chi connectivity index (χ1n) is 7.92. The second kappa shape index (κ2) is 6.93. The maximum absolute atomic E-state index is 9.98. The number of nitrogens with one attached hydrogen (secondary N) is 1. The van der Waals surface area contributed by atoms with Crippen molar-refractivity contribution >= 4 is 5.82 Å². The Morgan fingerprint density at radius 2 is 2.17 bits per heavy atom. The smallest absolute Gasteiger partial charge is 0.156 e. The van der Waals surface area contributed by atoms with Crippen molar-refractivity contribution in [3.63, 3.8) is 0 Å². The van der Waals surface area contributed by atoms with Gasteiger partial charge in [-0.15, -0.1) is 10.2 Å². The second-order valence-electron chi connectivity index (χ2n) is 5.57. The molecular weight excluding hydrogens is 292 g/mol. The second-order valence-corrected chi connectivity index (χ2v) is 5.57. The summed E-state index contributed by atoms with van der Waals surface area (Å²) in [6.45, 7) is 7.23. The minimum absolute atomic E-state index is 0.0299. The van der Waals surface area contributed by atoms with Gasteiger partial charge in [0.1, 0.15) is 12.0 Å². The molecule has 1 aliphatic heterocycles. The molecule has 1 saturated heterocycles. The molecule has 0 radical (unpaired) electrons. The Morgan fingerprint density at radius 1 is 1.35 bits per heavy atom. The number of aryl methyl sites for hydroxylation is 1. The number of hydrogen-bond acceptors (Lipinski definition) is 6. The van der Waals surface area contributed by atoms with Gasteiger partial charge in [0.25, 0.3) is 0 Å². The van der Waals surface area contributed by atoms with Crippen molar-refractivity contribution in [1.82, 2.24) is 15.5 Å². The normalized spacial score (nSPS) is 17.9. The number of hydrogen-bond donors (Lipinski definition) is 2. The summed E-state index contributed by atoms with van der Waals surface area (Å²) in [5, 5.41) is 22.0. The van der Waals surface area contributed by atoms with Gasteiger partial charge in [-0.1, -0.05) is 12.1 Å². The third-order valence-corrected chi connectivity index (χ3v) is 4.01. The van der Waals surface area contributed by atoms with Crippen LogP contribution in [0.15, 0.2) is 30.3 Å². The van der Waals surface area contributed by atoms with Crippen LogP contribution in [0.2, 0.25) is 0 Å². The summed E-state index contributed by atoms with van der Waals surface area (Å²) >= 11 is 0. The lowest BCUT2D eigenvalue weighted by Gasteiger charge is -2.35. The SMILES string of the molecule is CCN(c1nnc(-c2ccccc2O)cc1C)C1CNCCO1. The highest BCUT2D eigenvalue weighted by atomic mass is 16.5. The molecule has 0 aliphatic carbocycles. The van der Waals surface area contributed by atoms with Crippen molar-refractivity contribution in [2.24, 2.45) is 0 Å². The quantitative estimate of drug-likeness (QED) is 0.898. The molecule has 2 heterocycles. The Kier molecular flexibility index (Phi) is 4.73. The standard InChI is InChI=1S/C17H22N4O2/c1-3-21(16-11-18-8-9-23-16)17-12(2)10-14(19-20-17)13-6-4-5-7-15(13)22/h4-7,10,16,18,22H,3,8-9,11H2,1-2H3. The first-order chi connectivity index (χ1) is 11.2. The summed E-state index contributed by atoms with van der Waals surface area (Å²) in [7, 11) is 0. The molecule has 122 valence electrons. The van der Waals surface area contributed by atoms with Crippen LogP contribution in [-0.4, -0.2) is 47.8 Å². The van der Waals surface area contributed by atoms with Crippen molar-refractivity contribution < 1.29 is 9.84 Å². The number of phenols is 1. The van der Waals surface area contributed by atoms with Crippen molar-refractivity contribution in [3.8, 4) is 17.0 Å². The maximum Gasteiger partial charge on any atom is 0.156 e. The molecule has 6 nitrogen and oxygen atoms in total. The van der Waals surface area contributed by atoms with Gasteiger partial charge in [-0.2, -0.15) is 0 Å². The molecular formula is C17H22N4O2. The van der Waals surface area contributed by atoms with Crippen molar-refractivity contribution in [2.45, 2.75) is 20.1 Å². The highest BCUT2D eigenvalue weighted by Gasteiger charge is 2.23. The molecule has 23 heavy (non-hydrogen) atoms. The zero-order valence-electron chi connectivity index (χ0n) is 13.5. The van der Waals surface area contributed by atoms with E-state index in [1.165, 1.54) is 0 Å². The molecule has 1 aliphatic rings. The molecule has 0 amide bonds. The average molecular weight is 314 g/mol. The summed E-state index contributed by atoms with van der Waals surface area (Å²) in [6, 6.07) is 9.11. The molecule has 1 unspecified atom stereocenters. The van der Waals surface area contributed by atoms with E-state index in [2.05, 4.69) is 27.3 Å². The van der Waals surface area contributed by atoms with Gasteiger partial charge in [0.2, 0.25) is 0 Å². The predicted octanol–water partition coefficient (Wildman–Crippen LogP) is 1.93. The largest absolute Gasteiger partial charge is 0.507 e. The third kappa shape index (κ3) is 3.28. The number of aromatic hydroxyl groups is 1. The molecule has 3 rings (SSSR count). The van der Waals surface area contributed by atoms with Gasteiger partial charge in [0.05, 0.1) is 12.3 Å². The molecule has 0 saturated carbocycles. The molecule has 1 fully saturated rings. The van der Waals surface area contributed by atoms with E-state index in [9.17, 15) is 5.11 Å². The van der Waals surface area contributed by atoms with Crippen LogP contribution in [0.4, 0.5) is 5.82 Å². The van der Waals surface area contributed by atoms with E-state index in [1.807, 2.05) is 25.1 Å². The minimum atomic E-state index is -0.0299. The number of morpholine rings is 1. The van der Waals surface area contributed by atoms with E-state index in [1.54, 1.807) is 12.1 Å². The summed E-state index contributed by atoms with van der Waals surface area (Å²) in [4.78, 5) is 2.11. The van der Waals surface area contributed by atoms with Crippen LogP contribution in [-0.2, 0) is 4.74 Å². The Bertz CT molecular complexity index is 671. The van der Waals surface area contributed by atoms with E-state index in [4.69, 9.17) is 4.74 Å². The average Bonchev–Trinajstić information content (AvgIpc) is 2.58. The van der Waals surface area contributed by atoms with E-state index in [-0.39, 0.29) is 12.0 Å². The third-order valence-electron chi connectivity index (χ3n) is 4.01. The van der Waals surface area contributed by atoms with Crippen LogP contribution in [0.5, 0.6) is 5.75 Å². The van der Waals surface area contributed by atoms with E-state index in [0.29, 0.717) is 17.9 Å². The van der Waals surface area contributed by atoms with Crippen LogP contribution < -0.4 is 10.2 Å². The zero-order chi connectivity index (χ0) is 16.2. The summed E-state index contributed by atoms with van der Waals surface area (Å²) in [6.07, 6.45) is -0.0299. The van der Waals surface area contributed by atoms with Gasteiger partial charge < -0.3 is 20.1 Å². The van der Waals surface area contributed by atoms with Gasteiger partial charge in [0, 0.05) is 25.2 Å². The molecule has 2 aromatic rings. The lowest BCUT2D eigenvalue weighted by Crippen LogP contribution is -2.50. The van der Waals surface area contributed by atoms with Gasteiger partial charge in [-0.25, -0.2) is 0 Å². The Labute approximate surface area is 136 Å². The number of phenolic OH excluding ortho intramolecular Hbond substituents is 1. The van der Waals surface area contributed by atoms with Crippen molar-refractivity contribution in [1.29, 1.82) is 0 Å². The van der Waals surface area contributed by atoms with E-state index in [0.717, 1.165) is 31.0 Å². The lowest BCUT2D eigenvalue weighted by atomic mass is 10.1. The van der Waals surface area contributed by atoms with Crippen molar-refractivity contribution in [3.05, 3.63) is 35.9 Å². The molecule has 1 aromatic carbocycles. The molecule has 6 heteroatoms. The monoisotopic (exact) mass is 314 g/mol. The zero-order valence-corrected chi connectivity index (χ0v) is 13.5. The molecule has 0 bridgehead atoms.